The van der Waals surface area contributed by atoms with Gasteiger partial charge in [0, 0.05) is 23.5 Å². The Labute approximate surface area is 112 Å². The molecule has 10 heteroatoms. The molecular formula is C9H7ClN4O4S. The lowest BCUT2D eigenvalue weighted by Crippen LogP contribution is -2.15. The first kappa shape index (κ1) is 13.3. The Kier molecular flexibility index (Phi) is 3.40. The molecule has 0 aliphatic heterocycles. The van der Waals surface area contributed by atoms with Crippen molar-refractivity contribution < 1.29 is 13.3 Å². The predicted octanol–water partition coefficient (Wildman–Crippen LogP) is 1.77. The molecule has 2 N–H and O–H groups in total. The van der Waals surface area contributed by atoms with Crippen LogP contribution in [0.25, 0.3) is 0 Å². The van der Waals surface area contributed by atoms with Crippen molar-refractivity contribution in [2.75, 3.05) is 4.72 Å². The number of halogens is 1. The summed E-state index contributed by atoms with van der Waals surface area (Å²) >= 11 is 5.62. The van der Waals surface area contributed by atoms with Crippen LogP contribution in [-0.2, 0) is 10.0 Å². The quantitative estimate of drug-likeness (QED) is 0.659. The van der Waals surface area contributed by atoms with Gasteiger partial charge in [0.05, 0.1) is 4.92 Å². The molecular weight excluding hydrogens is 296 g/mol. The summed E-state index contributed by atoms with van der Waals surface area (Å²) in [6, 6.07) is 3.29. The molecule has 0 fully saturated rings. The highest BCUT2D eigenvalue weighted by molar-refractivity contribution is 7.92. The molecule has 0 atom stereocenters. The molecule has 2 aromatic rings. The van der Waals surface area contributed by atoms with E-state index in [0.717, 1.165) is 12.1 Å². The van der Waals surface area contributed by atoms with Gasteiger partial charge >= 0.3 is 0 Å². The number of imidazole rings is 1. The van der Waals surface area contributed by atoms with E-state index in [1.54, 1.807) is 0 Å². The number of H-pyrrole nitrogens is 1. The van der Waals surface area contributed by atoms with Gasteiger partial charge in [-0.3, -0.25) is 10.1 Å². The van der Waals surface area contributed by atoms with Crippen molar-refractivity contribution >= 4 is 33.3 Å². The monoisotopic (exact) mass is 302 g/mol. The van der Waals surface area contributed by atoms with E-state index < -0.39 is 25.5 Å². The molecule has 8 nitrogen and oxygen atoms in total. The number of nitro groups is 1. The number of anilines is 1. The normalized spacial score (nSPS) is 11.2. The largest absolute Gasteiger partial charge is 0.330 e. The smallest absolute Gasteiger partial charge is 0.291 e. The summed E-state index contributed by atoms with van der Waals surface area (Å²) in [7, 11) is -4.12. The number of sulfonamides is 1. The Bertz CT molecular complexity index is 714. The molecule has 2 rings (SSSR count). The van der Waals surface area contributed by atoms with Crippen LogP contribution in [0, 0.1) is 10.1 Å². The van der Waals surface area contributed by atoms with Crippen LogP contribution in [0.4, 0.5) is 11.6 Å². The minimum absolute atomic E-state index is 0.0377. The molecule has 1 aromatic carbocycles. The average Bonchev–Trinajstić information content (AvgIpc) is 2.80. The average molecular weight is 303 g/mol. The Morgan fingerprint density at radius 2 is 2.16 bits per heavy atom. The molecule has 0 spiro atoms. The summed E-state index contributed by atoms with van der Waals surface area (Å²) in [4.78, 5) is 15.8. The van der Waals surface area contributed by atoms with Gasteiger partial charge in [-0.2, -0.15) is 0 Å². The fourth-order valence-electron chi connectivity index (χ4n) is 1.36. The predicted molar refractivity (Wildman–Crippen MR) is 67.5 cm³/mol. The molecule has 0 saturated heterocycles. The molecule has 0 bridgehead atoms. The number of rotatable bonds is 4. The fraction of sp³-hybridized carbons (Fsp3) is 0. The van der Waals surface area contributed by atoms with E-state index in [0.29, 0.717) is 0 Å². The van der Waals surface area contributed by atoms with Crippen LogP contribution in [0.3, 0.4) is 0 Å². The van der Waals surface area contributed by atoms with Gasteiger partial charge in [-0.15, -0.1) is 0 Å². The summed E-state index contributed by atoms with van der Waals surface area (Å²) < 4.78 is 26.1. The number of aromatic nitrogens is 2. The van der Waals surface area contributed by atoms with E-state index in [-0.39, 0.29) is 11.0 Å². The van der Waals surface area contributed by atoms with Gasteiger partial charge in [-0.05, 0) is 12.1 Å². The van der Waals surface area contributed by atoms with Crippen LogP contribution < -0.4 is 4.72 Å². The maximum absolute atomic E-state index is 12.0. The highest BCUT2D eigenvalue weighted by Gasteiger charge is 2.26. The van der Waals surface area contributed by atoms with Crippen LogP contribution in [-0.4, -0.2) is 23.3 Å². The molecule has 0 unspecified atom stereocenters. The van der Waals surface area contributed by atoms with Gasteiger partial charge in [0.25, 0.3) is 15.7 Å². The zero-order valence-electron chi connectivity index (χ0n) is 9.20. The lowest BCUT2D eigenvalue weighted by atomic mass is 10.3. The molecule has 0 saturated carbocycles. The lowest BCUT2D eigenvalue weighted by Gasteiger charge is -2.06. The van der Waals surface area contributed by atoms with Crippen LogP contribution in [0.2, 0.25) is 5.02 Å². The van der Waals surface area contributed by atoms with E-state index in [4.69, 9.17) is 11.6 Å². The Morgan fingerprint density at radius 1 is 1.42 bits per heavy atom. The van der Waals surface area contributed by atoms with Crippen molar-refractivity contribution in [1.29, 1.82) is 0 Å². The van der Waals surface area contributed by atoms with E-state index in [2.05, 4.69) is 14.7 Å². The van der Waals surface area contributed by atoms with Gasteiger partial charge in [0.15, 0.2) is 4.90 Å². The van der Waals surface area contributed by atoms with Crippen molar-refractivity contribution in [2.24, 2.45) is 0 Å². The first-order chi connectivity index (χ1) is 8.90. The molecule has 0 radical (unpaired) electrons. The second kappa shape index (κ2) is 4.86. The standard InChI is InChI=1S/C9H7ClN4O4S/c10-6-1-2-8(7(5-6)14(15)16)19(17,18)13-9-11-3-4-12-9/h1-5H,(H2,11,12,13). The molecule has 19 heavy (non-hydrogen) atoms. The Balaban J connectivity index is 2.49. The summed E-state index contributed by atoms with van der Waals surface area (Å²) in [5.41, 5.74) is -0.605. The Morgan fingerprint density at radius 3 is 2.74 bits per heavy atom. The molecule has 100 valence electrons. The van der Waals surface area contributed by atoms with E-state index in [1.807, 2.05) is 0 Å². The van der Waals surface area contributed by atoms with Crippen molar-refractivity contribution in [3.8, 4) is 0 Å². The van der Waals surface area contributed by atoms with Gasteiger partial charge < -0.3 is 4.98 Å². The number of hydrogen-bond donors (Lipinski definition) is 2. The summed E-state index contributed by atoms with van der Waals surface area (Å²) in [6.07, 6.45) is 2.75. The van der Waals surface area contributed by atoms with E-state index >= 15 is 0 Å². The zero-order valence-corrected chi connectivity index (χ0v) is 10.8. The summed E-state index contributed by atoms with van der Waals surface area (Å²) in [6.45, 7) is 0. The van der Waals surface area contributed by atoms with Gasteiger partial charge in [-0.1, -0.05) is 11.6 Å². The molecule has 0 aliphatic rings. The first-order valence-electron chi connectivity index (χ1n) is 4.86. The number of aromatic amines is 1. The molecule has 0 amide bonds. The van der Waals surface area contributed by atoms with Crippen LogP contribution in [0.5, 0.6) is 0 Å². The number of nitrogens with zero attached hydrogens (tertiary/aromatic N) is 2. The molecule has 1 heterocycles. The first-order valence-corrected chi connectivity index (χ1v) is 6.72. The Hall–Kier alpha value is -2.13. The van der Waals surface area contributed by atoms with E-state index in [9.17, 15) is 18.5 Å². The minimum Gasteiger partial charge on any atom is -0.330 e. The van der Waals surface area contributed by atoms with Crippen LogP contribution >= 0.6 is 11.6 Å². The number of nitrogens with one attached hydrogen (secondary N) is 2. The maximum atomic E-state index is 12.0. The third-order valence-corrected chi connectivity index (χ3v) is 3.76. The van der Waals surface area contributed by atoms with Gasteiger partial charge in [0.1, 0.15) is 0 Å². The number of nitro benzene ring substituents is 1. The number of benzene rings is 1. The topological polar surface area (TPSA) is 118 Å². The molecule has 1 aromatic heterocycles. The zero-order chi connectivity index (χ0) is 14.0. The van der Waals surface area contributed by atoms with Gasteiger partial charge in [0.2, 0.25) is 5.95 Å². The second-order valence-electron chi connectivity index (χ2n) is 3.41. The summed E-state index contributed by atoms with van der Waals surface area (Å²) in [5.74, 6) is -0.0377. The van der Waals surface area contributed by atoms with Crippen molar-refractivity contribution in [2.45, 2.75) is 4.90 Å². The lowest BCUT2D eigenvalue weighted by molar-refractivity contribution is -0.387. The van der Waals surface area contributed by atoms with Gasteiger partial charge in [-0.25, -0.2) is 18.1 Å². The maximum Gasteiger partial charge on any atom is 0.291 e. The summed E-state index contributed by atoms with van der Waals surface area (Å²) in [5, 5.41) is 10.9. The minimum atomic E-state index is -4.12. The van der Waals surface area contributed by atoms with Crippen molar-refractivity contribution in [3.05, 3.63) is 45.7 Å². The highest BCUT2D eigenvalue weighted by atomic mass is 35.5. The third kappa shape index (κ3) is 2.83. The van der Waals surface area contributed by atoms with Crippen molar-refractivity contribution in [1.82, 2.24) is 9.97 Å². The highest BCUT2D eigenvalue weighted by Crippen LogP contribution is 2.28. The van der Waals surface area contributed by atoms with E-state index in [1.165, 1.54) is 18.5 Å². The fourth-order valence-corrected chi connectivity index (χ4v) is 2.66. The van der Waals surface area contributed by atoms with Crippen molar-refractivity contribution in [3.63, 3.8) is 0 Å². The number of hydrogen-bond acceptors (Lipinski definition) is 5. The second-order valence-corrected chi connectivity index (χ2v) is 5.50. The van der Waals surface area contributed by atoms with Crippen LogP contribution in [0.1, 0.15) is 0 Å². The third-order valence-electron chi connectivity index (χ3n) is 2.14. The SMILES string of the molecule is O=[N+]([O-])c1cc(Cl)ccc1S(=O)(=O)Nc1ncc[nH]1. The molecule has 0 aliphatic carbocycles. The van der Waals surface area contributed by atoms with Crippen LogP contribution in [0.15, 0.2) is 35.5 Å².